The lowest BCUT2D eigenvalue weighted by Gasteiger charge is -2.29. The van der Waals surface area contributed by atoms with Crippen LogP contribution in [-0.2, 0) is 6.54 Å². The number of aromatic nitrogens is 4. The average molecular weight is 469 g/mol. The molecule has 0 radical (unpaired) electrons. The van der Waals surface area contributed by atoms with Crippen LogP contribution in [0.15, 0.2) is 22.9 Å². The minimum Gasteiger partial charge on any atom is -0.353 e. The number of anilines is 2. The van der Waals surface area contributed by atoms with Crippen molar-refractivity contribution in [1.29, 1.82) is 0 Å². The summed E-state index contributed by atoms with van der Waals surface area (Å²) in [6.07, 6.45) is 3.68. The van der Waals surface area contributed by atoms with Crippen LogP contribution in [0.5, 0.6) is 0 Å². The van der Waals surface area contributed by atoms with E-state index in [0.717, 1.165) is 32.0 Å². The molecule has 4 rings (SSSR count). The Morgan fingerprint density at radius 3 is 2.82 bits per heavy atom. The summed E-state index contributed by atoms with van der Waals surface area (Å²) in [5, 5.41) is 7.45. The summed E-state index contributed by atoms with van der Waals surface area (Å²) < 4.78 is 17.1. The van der Waals surface area contributed by atoms with Crippen molar-refractivity contribution >= 4 is 50.2 Å². The van der Waals surface area contributed by atoms with Crippen LogP contribution < -0.4 is 15.5 Å². The van der Waals surface area contributed by atoms with Crippen LogP contribution in [0, 0.1) is 12.7 Å². The van der Waals surface area contributed by atoms with Crippen molar-refractivity contribution in [2.24, 2.45) is 0 Å². The maximum absolute atomic E-state index is 14.9. The monoisotopic (exact) mass is 467 g/mol. The molecule has 28 heavy (non-hydrogen) atoms. The van der Waals surface area contributed by atoms with Gasteiger partial charge in [0.05, 0.1) is 9.50 Å². The zero-order chi connectivity index (χ0) is 19.7. The molecule has 7 nitrogen and oxygen atoms in total. The summed E-state index contributed by atoms with van der Waals surface area (Å²) in [4.78, 5) is 15.5. The van der Waals surface area contributed by atoms with Crippen molar-refractivity contribution in [3.8, 4) is 0 Å². The summed E-state index contributed by atoms with van der Waals surface area (Å²) >= 11 is 9.41. The van der Waals surface area contributed by atoms with Crippen molar-refractivity contribution in [2.75, 3.05) is 42.9 Å². The summed E-state index contributed by atoms with van der Waals surface area (Å²) in [6, 6.07) is 1.72. The van der Waals surface area contributed by atoms with Gasteiger partial charge in [0, 0.05) is 57.0 Å². The number of imidazole rings is 1. The second-order valence-electron chi connectivity index (χ2n) is 6.59. The third-order valence-corrected chi connectivity index (χ3v) is 6.08. The Morgan fingerprint density at radius 1 is 1.32 bits per heavy atom. The first-order chi connectivity index (χ1) is 13.5. The smallest absolute Gasteiger partial charge is 0.225 e. The molecule has 10 heteroatoms. The number of piperazine rings is 1. The largest absolute Gasteiger partial charge is 0.353 e. The van der Waals surface area contributed by atoms with Gasteiger partial charge in [-0.25, -0.2) is 14.4 Å². The topological polar surface area (TPSA) is 70.9 Å². The molecule has 3 aromatic rings. The summed E-state index contributed by atoms with van der Waals surface area (Å²) in [6.45, 7) is 6.53. The second kappa shape index (κ2) is 8.18. The molecule has 1 saturated heterocycles. The van der Waals surface area contributed by atoms with Gasteiger partial charge < -0.3 is 20.1 Å². The number of nitrogens with zero attached hydrogens (tertiary/aromatic N) is 5. The highest BCUT2D eigenvalue weighted by Gasteiger charge is 2.21. The first kappa shape index (κ1) is 19.4. The highest BCUT2D eigenvalue weighted by Crippen LogP contribution is 2.35. The summed E-state index contributed by atoms with van der Waals surface area (Å²) in [5.41, 5.74) is 0.251. The minimum absolute atomic E-state index is 0.214. The Labute approximate surface area is 175 Å². The molecule has 1 aliphatic rings. The van der Waals surface area contributed by atoms with Crippen LogP contribution in [0.3, 0.4) is 0 Å². The van der Waals surface area contributed by atoms with Crippen LogP contribution in [0.2, 0.25) is 5.02 Å². The molecule has 148 valence electrons. The molecule has 1 aliphatic heterocycles. The molecule has 3 heterocycles. The van der Waals surface area contributed by atoms with E-state index in [4.69, 9.17) is 11.6 Å². The maximum atomic E-state index is 14.9. The van der Waals surface area contributed by atoms with Crippen molar-refractivity contribution < 1.29 is 4.39 Å². The minimum atomic E-state index is -0.477. The van der Waals surface area contributed by atoms with E-state index in [1.807, 2.05) is 17.7 Å². The van der Waals surface area contributed by atoms with Crippen LogP contribution in [0.4, 0.5) is 16.2 Å². The van der Waals surface area contributed by atoms with Gasteiger partial charge in [0.1, 0.15) is 17.2 Å². The van der Waals surface area contributed by atoms with Gasteiger partial charge in [0.15, 0.2) is 5.82 Å². The van der Waals surface area contributed by atoms with Gasteiger partial charge in [-0.3, -0.25) is 0 Å². The molecule has 0 unspecified atom stereocenters. The maximum Gasteiger partial charge on any atom is 0.225 e. The number of hydrogen-bond acceptors (Lipinski definition) is 6. The summed E-state index contributed by atoms with van der Waals surface area (Å²) in [5.74, 6) is 1.55. The van der Waals surface area contributed by atoms with Crippen molar-refractivity contribution in [3.63, 3.8) is 0 Å². The predicted molar refractivity (Wildman–Crippen MR) is 113 cm³/mol. The lowest BCUT2D eigenvalue weighted by Crippen LogP contribution is -2.44. The van der Waals surface area contributed by atoms with E-state index in [0.29, 0.717) is 35.3 Å². The normalized spacial score (nSPS) is 14.6. The number of rotatable bonds is 5. The lowest BCUT2D eigenvalue weighted by atomic mass is 10.2. The third kappa shape index (κ3) is 3.78. The van der Waals surface area contributed by atoms with E-state index in [1.165, 1.54) is 0 Å². The van der Waals surface area contributed by atoms with Crippen molar-refractivity contribution in [2.45, 2.75) is 13.5 Å². The van der Waals surface area contributed by atoms with Crippen LogP contribution in [-0.4, -0.2) is 52.2 Å². The Hall–Kier alpha value is -1.97. The molecule has 2 aromatic heterocycles. The van der Waals surface area contributed by atoms with Crippen LogP contribution in [0.1, 0.15) is 5.82 Å². The molecule has 0 saturated carbocycles. The predicted octanol–water partition coefficient (Wildman–Crippen LogP) is 3.21. The van der Waals surface area contributed by atoms with Crippen molar-refractivity contribution in [3.05, 3.63) is 39.6 Å². The van der Waals surface area contributed by atoms with E-state index in [2.05, 4.69) is 46.4 Å². The van der Waals surface area contributed by atoms with E-state index in [-0.39, 0.29) is 9.99 Å². The zero-order valence-corrected chi connectivity index (χ0v) is 17.7. The highest BCUT2D eigenvalue weighted by atomic mass is 79.9. The molecule has 1 fully saturated rings. The van der Waals surface area contributed by atoms with Gasteiger partial charge in [-0.1, -0.05) is 11.6 Å². The first-order valence-electron chi connectivity index (χ1n) is 9.07. The second-order valence-corrected chi connectivity index (χ2v) is 7.79. The van der Waals surface area contributed by atoms with Gasteiger partial charge in [-0.05, 0) is 28.9 Å². The Morgan fingerprint density at radius 2 is 2.11 bits per heavy atom. The standard InChI is InChI=1S/C18H20BrClFN7/c1-11-23-4-8-27(11)9-5-24-18-25-16-12(10-13(20)14(19)15(16)21)17(26-18)28-6-2-22-3-7-28/h4,8,10,22H,2-3,5-7,9H2,1H3,(H,24,25,26). The SMILES string of the molecule is Cc1nccn1CCNc1nc(N2CCNCC2)c2cc(Cl)c(Br)c(F)c2n1. The van der Waals surface area contributed by atoms with Gasteiger partial charge in [-0.2, -0.15) is 4.98 Å². The number of benzene rings is 1. The fourth-order valence-corrected chi connectivity index (χ4v) is 3.78. The summed E-state index contributed by atoms with van der Waals surface area (Å²) in [7, 11) is 0. The number of nitrogens with one attached hydrogen (secondary N) is 2. The van der Waals surface area contributed by atoms with E-state index >= 15 is 0 Å². The number of aryl methyl sites for hydroxylation is 1. The van der Waals surface area contributed by atoms with Gasteiger partial charge in [-0.15, -0.1) is 0 Å². The highest BCUT2D eigenvalue weighted by molar-refractivity contribution is 9.10. The van der Waals surface area contributed by atoms with Gasteiger partial charge in [0.2, 0.25) is 5.95 Å². The van der Waals surface area contributed by atoms with E-state index < -0.39 is 5.82 Å². The Kier molecular flexibility index (Phi) is 5.65. The fourth-order valence-electron chi connectivity index (χ4n) is 3.28. The van der Waals surface area contributed by atoms with Crippen molar-refractivity contribution in [1.82, 2.24) is 24.8 Å². The van der Waals surface area contributed by atoms with Gasteiger partial charge >= 0.3 is 0 Å². The van der Waals surface area contributed by atoms with E-state index in [9.17, 15) is 4.39 Å². The molecule has 0 spiro atoms. The zero-order valence-electron chi connectivity index (χ0n) is 15.3. The fraction of sp³-hybridized carbons (Fsp3) is 0.389. The molecule has 0 atom stereocenters. The van der Waals surface area contributed by atoms with Crippen LogP contribution >= 0.6 is 27.5 Å². The molecular weight excluding hydrogens is 449 g/mol. The number of halogens is 3. The Bertz CT molecular complexity index is 1000. The average Bonchev–Trinajstić information content (AvgIpc) is 3.12. The number of fused-ring (bicyclic) bond motifs is 1. The van der Waals surface area contributed by atoms with E-state index in [1.54, 1.807) is 12.3 Å². The molecule has 1 aromatic carbocycles. The molecule has 0 bridgehead atoms. The van der Waals surface area contributed by atoms with Gasteiger partial charge in [0.25, 0.3) is 0 Å². The quantitative estimate of drug-likeness (QED) is 0.560. The lowest BCUT2D eigenvalue weighted by molar-refractivity contribution is 0.585. The van der Waals surface area contributed by atoms with Crippen LogP contribution in [0.25, 0.3) is 10.9 Å². The Balaban J connectivity index is 1.69. The third-order valence-electron chi connectivity index (χ3n) is 4.78. The molecule has 2 N–H and O–H groups in total. The first-order valence-corrected chi connectivity index (χ1v) is 10.2. The molecule has 0 aliphatic carbocycles. The molecule has 0 amide bonds. The molecular formula is C18H20BrClFN7. The number of hydrogen-bond donors (Lipinski definition) is 2.